The highest BCUT2D eigenvalue weighted by molar-refractivity contribution is 7.85. The van der Waals surface area contributed by atoms with Crippen LogP contribution in [-0.2, 0) is 19.7 Å². The number of nitrogens with one attached hydrogen (secondary N) is 2. The Morgan fingerprint density at radius 2 is 1.71 bits per heavy atom. The number of fused-ring (bicyclic) bond motifs is 2. The zero-order valence-electron chi connectivity index (χ0n) is 32.2. The third-order valence-electron chi connectivity index (χ3n) is 10.4. The molecule has 0 unspecified atom stereocenters. The smallest absolute Gasteiger partial charge is 0.320 e. The van der Waals surface area contributed by atoms with E-state index in [9.17, 15) is 18.5 Å². The molecule has 2 aromatic carbocycles. The van der Waals surface area contributed by atoms with Crippen molar-refractivity contribution in [1.29, 1.82) is 5.26 Å². The van der Waals surface area contributed by atoms with Crippen molar-refractivity contribution in [3.8, 4) is 23.3 Å². The second-order valence-corrected chi connectivity index (χ2v) is 16.7. The van der Waals surface area contributed by atoms with Crippen LogP contribution in [0.1, 0.15) is 88.8 Å². The molecule has 2 aliphatic rings. The molecule has 56 heavy (non-hydrogen) atoms. The van der Waals surface area contributed by atoms with Gasteiger partial charge in [0.1, 0.15) is 36.6 Å². The lowest BCUT2D eigenvalue weighted by Gasteiger charge is -2.39. The molecule has 5 aromatic rings. The lowest BCUT2D eigenvalue weighted by molar-refractivity contribution is 0.171. The molecule has 7 rings (SSSR count). The number of anilines is 2. The van der Waals surface area contributed by atoms with E-state index in [4.69, 9.17) is 18.8 Å². The van der Waals surface area contributed by atoms with Gasteiger partial charge in [0.25, 0.3) is 10.1 Å². The summed E-state index contributed by atoms with van der Waals surface area (Å²) in [5.74, 6) is 2.32. The molecule has 0 saturated carbocycles. The summed E-state index contributed by atoms with van der Waals surface area (Å²) in [6.07, 6.45) is 7.44. The molecule has 0 spiro atoms. The van der Waals surface area contributed by atoms with E-state index < -0.39 is 21.6 Å². The molecule has 4 heterocycles. The molecule has 294 valence electrons. The molecular formula is C40H47N9O6S. The number of hydrogen-bond acceptors (Lipinski definition) is 11. The Morgan fingerprint density at radius 1 is 0.946 bits per heavy atom. The maximum Gasteiger partial charge on any atom is 0.320 e. The number of pyridine rings is 1. The number of aromatic nitrogens is 5. The SMILES string of the molecule is C[C@@H]1CCC[C@H](C)N1c1nnc2ccc(O[C@@H]3CC[C@H](NC(=O)Nc4cc(C(C)(C)C#N)nn4-c4cccc(OCCOS(C)(=O)=O)c4)c4ccccc43)cn12. The Bertz CT molecular complexity index is 2360. The summed E-state index contributed by atoms with van der Waals surface area (Å²) in [4.78, 5) is 16.1. The van der Waals surface area contributed by atoms with Gasteiger partial charge in [0, 0.05) is 24.2 Å². The van der Waals surface area contributed by atoms with E-state index in [1.807, 2.05) is 47.0 Å². The number of nitriles is 1. The van der Waals surface area contributed by atoms with Crippen molar-refractivity contribution in [2.75, 3.05) is 29.7 Å². The Morgan fingerprint density at radius 3 is 2.46 bits per heavy atom. The number of rotatable bonds is 12. The lowest BCUT2D eigenvalue weighted by Crippen LogP contribution is -2.44. The van der Waals surface area contributed by atoms with Gasteiger partial charge in [-0.2, -0.15) is 18.8 Å². The Hall–Kier alpha value is -5.66. The highest BCUT2D eigenvalue weighted by Gasteiger charge is 2.32. The fraction of sp³-hybridized carbons (Fsp3) is 0.425. The number of carbonyl (C=O) groups excluding carboxylic acids is 1. The number of amides is 2. The van der Waals surface area contributed by atoms with Crippen LogP contribution in [0.25, 0.3) is 11.3 Å². The number of hydrogen-bond donors (Lipinski definition) is 2. The predicted molar refractivity (Wildman–Crippen MR) is 211 cm³/mol. The molecule has 0 radical (unpaired) electrons. The summed E-state index contributed by atoms with van der Waals surface area (Å²) in [5, 5.41) is 29.7. The van der Waals surface area contributed by atoms with Crippen LogP contribution in [0.4, 0.5) is 16.6 Å². The topological polar surface area (TPSA) is 178 Å². The molecule has 2 N–H and O–H groups in total. The molecule has 15 nitrogen and oxygen atoms in total. The number of urea groups is 1. The van der Waals surface area contributed by atoms with E-state index in [0.717, 1.165) is 41.8 Å². The van der Waals surface area contributed by atoms with Gasteiger partial charge in [-0.15, -0.1) is 10.2 Å². The summed E-state index contributed by atoms with van der Waals surface area (Å²) in [5.41, 5.74) is 2.79. The number of carbonyl (C=O) groups is 1. The van der Waals surface area contributed by atoms with Crippen LogP contribution in [0.15, 0.2) is 72.9 Å². The minimum absolute atomic E-state index is 0.000288. The number of nitrogens with zero attached hydrogens (tertiary/aromatic N) is 7. The zero-order chi connectivity index (χ0) is 39.6. The summed E-state index contributed by atoms with van der Waals surface area (Å²) >= 11 is 0. The maximum atomic E-state index is 13.7. The van der Waals surface area contributed by atoms with Gasteiger partial charge in [0.05, 0.1) is 41.4 Å². The van der Waals surface area contributed by atoms with Crippen LogP contribution in [0.2, 0.25) is 0 Å². The van der Waals surface area contributed by atoms with E-state index in [0.29, 0.717) is 53.6 Å². The molecule has 1 aliphatic heterocycles. The largest absolute Gasteiger partial charge is 0.491 e. The molecule has 16 heteroatoms. The van der Waals surface area contributed by atoms with Crippen LogP contribution in [-0.4, -0.2) is 70.4 Å². The molecule has 1 saturated heterocycles. The van der Waals surface area contributed by atoms with Gasteiger partial charge in [-0.05, 0) is 95.2 Å². The lowest BCUT2D eigenvalue weighted by atomic mass is 9.85. The fourth-order valence-corrected chi connectivity index (χ4v) is 7.87. The van der Waals surface area contributed by atoms with E-state index >= 15 is 0 Å². The molecule has 1 fully saturated rings. The summed E-state index contributed by atoms with van der Waals surface area (Å²) in [6, 6.07) is 22.7. The molecule has 4 atom stereocenters. The average Bonchev–Trinajstić information content (AvgIpc) is 3.79. The normalized spacial score (nSPS) is 19.9. The quantitative estimate of drug-likeness (QED) is 0.103. The summed E-state index contributed by atoms with van der Waals surface area (Å²) in [6.45, 7) is 7.83. The number of ether oxygens (including phenoxy) is 2. The van der Waals surface area contributed by atoms with E-state index in [1.54, 1.807) is 44.2 Å². The van der Waals surface area contributed by atoms with Gasteiger partial charge >= 0.3 is 6.03 Å². The van der Waals surface area contributed by atoms with Gasteiger partial charge in [-0.1, -0.05) is 30.3 Å². The van der Waals surface area contributed by atoms with Crippen LogP contribution >= 0.6 is 0 Å². The molecular weight excluding hydrogens is 735 g/mol. The number of piperidine rings is 1. The van der Waals surface area contributed by atoms with Crippen molar-refractivity contribution in [1.82, 2.24) is 29.7 Å². The highest BCUT2D eigenvalue weighted by Crippen LogP contribution is 2.39. The van der Waals surface area contributed by atoms with Gasteiger partial charge in [0.2, 0.25) is 5.95 Å². The molecule has 2 amide bonds. The Kier molecular flexibility index (Phi) is 10.9. The van der Waals surface area contributed by atoms with Crippen molar-refractivity contribution in [3.63, 3.8) is 0 Å². The first-order valence-corrected chi connectivity index (χ1v) is 20.7. The van der Waals surface area contributed by atoms with Crippen molar-refractivity contribution >= 4 is 33.6 Å². The first-order chi connectivity index (χ1) is 26.8. The zero-order valence-corrected chi connectivity index (χ0v) is 33.0. The van der Waals surface area contributed by atoms with Crippen LogP contribution in [0.3, 0.4) is 0 Å². The Labute approximate surface area is 326 Å². The van der Waals surface area contributed by atoms with E-state index in [2.05, 4.69) is 45.6 Å². The first kappa shape index (κ1) is 38.6. The standard InChI is InChI=1S/C40H47N9O6S/c1-26-10-8-11-27(2)48(26)39-45-44-36-19-16-30(24-47(36)39)55-34-18-17-33(31-14-6-7-15-32(31)34)42-38(50)43-37-23-35(40(3,4)25-41)46-49(37)28-12-9-13-29(22-28)53-20-21-54-56(5,51)52/h6-7,9,12-16,19,22-24,26-27,33-34H,8,10-11,17-18,20-21H2,1-5H3,(H2,42,43,50)/t26-,27+,33-,34+/m0/s1. The molecule has 3 aromatic heterocycles. The van der Waals surface area contributed by atoms with Gasteiger partial charge in [-0.25, -0.2) is 9.48 Å². The van der Waals surface area contributed by atoms with E-state index in [-0.39, 0.29) is 25.4 Å². The van der Waals surface area contributed by atoms with Gasteiger partial charge < -0.3 is 19.7 Å². The van der Waals surface area contributed by atoms with Crippen LogP contribution < -0.4 is 25.0 Å². The van der Waals surface area contributed by atoms with Crippen molar-refractivity contribution in [2.45, 2.75) is 89.4 Å². The van der Waals surface area contributed by atoms with Gasteiger partial charge in [0.15, 0.2) is 5.65 Å². The number of benzene rings is 2. The van der Waals surface area contributed by atoms with Crippen LogP contribution in [0.5, 0.6) is 11.5 Å². The second-order valence-electron chi connectivity index (χ2n) is 15.0. The second kappa shape index (κ2) is 15.8. The first-order valence-electron chi connectivity index (χ1n) is 18.8. The van der Waals surface area contributed by atoms with Crippen molar-refractivity contribution in [2.24, 2.45) is 0 Å². The monoisotopic (exact) mass is 781 g/mol. The fourth-order valence-electron chi connectivity index (χ4n) is 7.50. The maximum absolute atomic E-state index is 13.7. The average molecular weight is 782 g/mol. The minimum atomic E-state index is -3.60. The van der Waals surface area contributed by atoms with Crippen molar-refractivity contribution < 1.29 is 26.9 Å². The molecule has 1 aliphatic carbocycles. The highest BCUT2D eigenvalue weighted by atomic mass is 32.2. The van der Waals surface area contributed by atoms with Gasteiger partial charge in [-0.3, -0.25) is 13.9 Å². The van der Waals surface area contributed by atoms with Crippen LogP contribution in [0, 0.1) is 11.3 Å². The minimum Gasteiger partial charge on any atom is -0.491 e. The summed E-state index contributed by atoms with van der Waals surface area (Å²) < 4.78 is 43.3. The Balaban J connectivity index is 1.07. The third kappa shape index (κ3) is 8.43. The molecule has 0 bridgehead atoms. The van der Waals surface area contributed by atoms with Crippen molar-refractivity contribution in [3.05, 3.63) is 89.7 Å². The van der Waals surface area contributed by atoms with E-state index in [1.165, 1.54) is 11.1 Å². The predicted octanol–water partition coefficient (Wildman–Crippen LogP) is 6.62. The summed E-state index contributed by atoms with van der Waals surface area (Å²) in [7, 11) is -3.60. The third-order valence-corrected chi connectivity index (χ3v) is 11.0.